The molecule has 56 valence electrons. The van der Waals surface area contributed by atoms with Crippen molar-refractivity contribution in [3.63, 3.8) is 0 Å². The fourth-order valence-electron chi connectivity index (χ4n) is 1.25. The predicted octanol–water partition coefficient (Wildman–Crippen LogP) is 1.82. The maximum atomic E-state index is 10.9. The van der Waals surface area contributed by atoms with Gasteiger partial charge in [0, 0.05) is 12.0 Å². The van der Waals surface area contributed by atoms with Crippen molar-refractivity contribution in [1.29, 1.82) is 0 Å². The van der Waals surface area contributed by atoms with Crippen LogP contribution in [0.2, 0.25) is 0 Å². The molecule has 0 bridgehead atoms. The molecule has 0 aromatic heterocycles. The second-order valence-corrected chi connectivity index (χ2v) is 2.93. The Morgan fingerprint density at radius 2 is 2.40 bits per heavy atom. The zero-order chi connectivity index (χ0) is 7.56. The van der Waals surface area contributed by atoms with Gasteiger partial charge >= 0.3 is 0 Å². The van der Waals surface area contributed by atoms with E-state index in [9.17, 15) is 4.79 Å². The van der Waals surface area contributed by atoms with E-state index in [2.05, 4.69) is 6.92 Å². The predicted molar refractivity (Wildman–Crippen MR) is 38.7 cm³/mol. The topological polar surface area (TPSA) is 37.3 Å². The summed E-state index contributed by atoms with van der Waals surface area (Å²) in [5, 5.41) is 8.60. The summed E-state index contributed by atoms with van der Waals surface area (Å²) in [6.45, 7) is 2.09. The first-order chi connectivity index (χ1) is 4.74. The molecule has 0 heterocycles. The number of rotatable bonds is 0. The summed E-state index contributed by atoms with van der Waals surface area (Å²) < 4.78 is 0. The molecule has 1 atom stereocenters. The van der Waals surface area contributed by atoms with Crippen LogP contribution in [0.3, 0.4) is 0 Å². The van der Waals surface area contributed by atoms with Crippen LogP contribution in [0.25, 0.3) is 0 Å². The van der Waals surface area contributed by atoms with Crippen molar-refractivity contribution in [2.45, 2.75) is 26.2 Å². The fourth-order valence-corrected chi connectivity index (χ4v) is 1.25. The number of carbonyl (C=O) groups is 1. The lowest BCUT2D eigenvalue weighted by Gasteiger charge is -2.17. The van der Waals surface area contributed by atoms with Crippen molar-refractivity contribution in [2.75, 3.05) is 0 Å². The Bertz CT molecular complexity index is 170. The molecule has 0 spiro atoms. The minimum absolute atomic E-state index is 0.112. The molecule has 0 aromatic carbocycles. The van der Waals surface area contributed by atoms with E-state index >= 15 is 0 Å². The molecule has 1 unspecified atom stereocenters. The lowest BCUT2D eigenvalue weighted by atomic mass is 9.86. The quantitative estimate of drug-likeness (QED) is 0.411. The van der Waals surface area contributed by atoms with Gasteiger partial charge in [0.25, 0.3) is 0 Å². The molecule has 10 heavy (non-hydrogen) atoms. The van der Waals surface area contributed by atoms with Gasteiger partial charge in [0.1, 0.15) is 0 Å². The highest BCUT2D eigenvalue weighted by molar-refractivity contribution is 5.95. The maximum absolute atomic E-state index is 10.9. The van der Waals surface area contributed by atoms with E-state index in [-0.39, 0.29) is 5.78 Å². The Morgan fingerprint density at radius 1 is 1.70 bits per heavy atom. The van der Waals surface area contributed by atoms with Crippen LogP contribution in [-0.4, -0.2) is 10.9 Å². The van der Waals surface area contributed by atoms with Crippen LogP contribution in [0.4, 0.5) is 0 Å². The molecule has 1 saturated carbocycles. The van der Waals surface area contributed by atoms with Gasteiger partial charge in [0.2, 0.25) is 0 Å². The van der Waals surface area contributed by atoms with E-state index in [1.165, 1.54) is 0 Å². The summed E-state index contributed by atoms with van der Waals surface area (Å²) in [6.07, 6.45) is 3.27. The fraction of sp³-hybridized carbons (Fsp3) is 0.625. The van der Waals surface area contributed by atoms with Gasteiger partial charge in [-0.25, -0.2) is 0 Å². The number of aliphatic hydroxyl groups is 1. The van der Waals surface area contributed by atoms with Crippen molar-refractivity contribution < 1.29 is 9.90 Å². The summed E-state index contributed by atoms with van der Waals surface area (Å²) in [6, 6.07) is 0. The number of allylic oxidation sites excluding steroid dienone is 1. The Labute approximate surface area is 60.6 Å². The van der Waals surface area contributed by atoms with Crippen LogP contribution in [0, 0.1) is 5.92 Å². The second kappa shape index (κ2) is 2.86. The van der Waals surface area contributed by atoms with Crippen molar-refractivity contribution in [3.05, 3.63) is 11.8 Å². The molecular formula is C8H12O2. The van der Waals surface area contributed by atoms with Crippen LogP contribution in [0.15, 0.2) is 11.8 Å². The van der Waals surface area contributed by atoms with E-state index in [0.29, 0.717) is 17.9 Å². The smallest absolute Gasteiger partial charge is 0.161 e. The largest absolute Gasteiger partial charge is 0.515 e. The molecule has 1 rings (SSSR count). The van der Waals surface area contributed by atoms with E-state index in [1.54, 1.807) is 0 Å². The highest BCUT2D eigenvalue weighted by Crippen LogP contribution is 2.24. The Hall–Kier alpha value is -0.790. The lowest BCUT2D eigenvalue weighted by molar-refractivity contribution is -0.117. The minimum atomic E-state index is 0.112. The second-order valence-electron chi connectivity index (χ2n) is 2.93. The normalized spacial score (nSPS) is 31.1. The first kappa shape index (κ1) is 7.32. The minimum Gasteiger partial charge on any atom is -0.515 e. The van der Waals surface area contributed by atoms with Crippen LogP contribution in [0.1, 0.15) is 26.2 Å². The monoisotopic (exact) mass is 140 g/mol. The third kappa shape index (κ3) is 1.38. The summed E-state index contributed by atoms with van der Waals surface area (Å²) >= 11 is 0. The van der Waals surface area contributed by atoms with Crippen molar-refractivity contribution in [1.82, 2.24) is 0 Å². The molecule has 0 aromatic rings. The van der Waals surface area contributed by atoms with Gasteiger partial charge in [-0.05, 0) is 18.8 Å². The zero-order valence-corrected chi connectivity index (χ0v) is 6.13. The number of ketones is 1. The number of hydrogen-bond acceptors (Lipinski definition) is 2. The third-order valence-electron chi connectivity index (χ3n) is 1.95. The number of Topliss-reactive ketones (excluding diaryl/α,β-unsaturated/α-hetero) is 1. The summed E-state index contributed by atoms with van der Waals surface area (Å²) in [5.41, 5.74) is 0.596. The van der Waals surface area contributed by atoms with Gasteiger partial charge in [-0.1, -0.05) is 6.92 Å². The maximum Gasteiger partial charge on any atom is 0.161 e. The molecule has 0 radical (unpaired) electrons. The molecule has 1 fully saturated rings. The standard InChI is InChI=1S/C8H12O2/c1-6-2-3-8(10)7(4-6)5-9/h5-6,9H,2-4H2,1H3. The Morgan fingerprint density at radius 3 is 2.90 bits per heavy atom. The van der Waals surface area contributed by atoms with Crippen LogP contribution >= 0.6 is 0 Å². The van der Waals surface area contributed by atoms with E-state index < -0.39 is 0 Å². The van der Waals surface area contributed by atoms with E-state index in [0.717, 1.165) is 19.1 Å². The molecule has 2 heteroatoms. The van der Waals surface area contributed by atoms with Crippen molar-refractivity contribution in [3.8, 4) is 0 Å². The highest BCUT2D eigenvalue weighted by Gasteiger charge is 2.19. The summed E-state index contributed by atoms with van der Waals surface area (Å²) in [7, 11) is 0. The van der Waals surface area contributed by atoms with Crippen LogP contribution < -0.4 is 0 Å². The zero-order valence-electron chi connectivity index (χ0n) is 6.13. The Kier molecular flexibility index (Phi) is 2.10. The molecule has 0 amide bonds. The molecule has 1 aliphatic rings. The summed E-state index contributed by atoms with van der Waals surface area (Å²) in [4.78, 5) is 10.9. The number of hydrogen-bond donors (Lipinski definition) is 1. The van der Waals surface area contributed by atoms with Gasteiger partial charge in [-0.15, -0.1) is 0 Å². The molecule has 0 saturated heterocycles. The van der Waals surface area contributed by atoms with Crippen LogP contribution in [0.5, 0.6) is 0 Å². The molecule has 1 aliphatic carbocycles. The average molecular weight is 140 g/mol. The van der Waals surface area contributed by atoms with Gasteiger partial charge in [-0.3, -0.25) is 4.79 Å². The molecule has 1 N–H and O–H groups in total. The lowest BCUT2D eigenvalue weighted by Crippen LogP contribution is -2.14. The summed E-state index contributed by atoms with van der Waals surface area (Å²) in [5.74, 6) is 0.664. The first-order valence-electron chi connectivity index (χ1n) is 3.60. The van der Waals surface area contributed by atoms with E-state index in [1.807, 2.05) is 0 Å². The SMILES string of the molecule is CC1CCC(=O)C(=CO)C1. The van der Waals surface area contributed by atoms with E-state index in [4.69, 9.17) is 5.11 Å². The van der Waals surface area contributed by atoms with Crippen LogP contribution in [-0.2, 0) is 4.79 Å². The average Bonchev–Trinajstić information content (AvgIpc) is 1.94. The van der Waals surface area contributed by atoms with Gasteiger partial charge < -0.3 is 5.11 Å². The number of carbonyl (C=O) groups excluding carboxylic acids is 1. The van der Waals surface area contributed by atoms with Gasteiger partial charge in [0.15, 0.2) is 5.78 Å². The van der Waals surface area contributed by atoms with Crippen molar-refractivity contribution >= 4 is 5.78 Å². The molecule has 2 nitrogen and oxygen atoms in total. The third-order valence-corrected chi connectivity index (χ3v) is 1.95. The Balaban J connectivity index is 2.63. The molecular weight excluding hydrogens is 128 g/mol. The van der Waals surface area contributed by atoms with Gasteiger partial charge in [0.05, 0.1) is 6.26 Å². The van der Waals surface area contributed by atoms with Gasteiger partial charge in [-0.2, -0.15) is 0 Å². The first-order valence-corrected chi connectivity index (χ1v) is 3.60. The molecule has 0 aliphatic heterocycles. The number of aliphatic hydroxyl groups excluding tert-OH is 1. The highest BCUT2D eigenvalue weighted by atomic mass is 16.2. The van der Waals surface area contributed by atoms with Crippen molar-refractivity contribution in [2.24, 2.45) is 5.92 Å².